The summed E-state index contributed by atoms with van der Waals surface area (Å²) in [6.07, 6.45) is 0.880. The van der Waals surface area contributed by atoms with Gasteiger partial charge in [-0.3, -0.25) is 0 Å². The third kappa shape index (κ3) is 2.72. The van der Waals surface area contributed by atoms with Crippen molar-refractivity contribution < 1.29 is 9.57 Å². The molecular weight excluding hydrogens is 190 g/mol. The van der Waals surface area contributed by atoms with Crippen molar-refractivity contribution in [3.05, 3.63) is 29.3 Å². The fourth-order valence-corrected chi connectivity index (χ4v) is 1.63. The molecule has 15 heavy (non-hydrogen) atoms. The average molecular weight is 205 g/mol. The Kier molecular flexibility index (Phi) is 2.90. The second-order valence-electron chi connectivity index (χ2n) is 3.85. The SMILES string of the molecule is Cc1cc(C)cc(OCC2=NOCC2)c1. The van der Waals surface area contributed by atoms with Crippen molar-refractivity contribution in [3.63, 3.8) is 0 Å². The molecule has 0 saturated carbocycles. The summed E-state index contributed by atoms with van der Waals surface area (Å²) >= 11 is 0. The lowest BCUT2D eigenvalue weighted by molar-refractivity contribution is 0.173. The number of hydrogen-bond donors (Lipinski definition) is 0. The van der Waals surface area contributed by atoms with E-state index in [1.54, 1.807) is 0 Å². The summed E-state index contributed by atoms with van der Waals surface area (Å²) in [7, 11) is 0. The largest absolute Gasteiger partial charge is 0.487 e. The Morgan fingerprint density at radius 1 is 1.27 bits per heavy atom. The van der Waals surface area contributed by atoms with E-state index in [2.05, 4.69) is 25.1 Å². The van der Waals surface area contributed by atoms with Crippen molar-refractivity contribution in [3.8, 4) is 5.75 Å². The van der Waals surface area contributed by atoms with Crippen molar-refractivity contribution in [1.82, 2.24) is 0 Å². The van der Waals surface area contributed by atoms with Gasteiger partial charge < -0.3 is 9.57 Å². The summed E-state index contributed by atoms with van der Waals surface area (Å²) < 4.78 is 5.64. The maximum atomic E-state index is 5.64. The molecule has 1 aromatic rings. The van der Waals surface area contributed by atoms with Gasteiger partial charge in [-0.25, -0.2) is 0 Å². The molecule has 1 aliphatic heterocycles. The number of ether oxygens (including phenoxy) is 1. The number of aryl methyl sites for hydroxylation is 2. The molecule has 0 aromatic heterocycles. The van der Waals surface area contributed by atoms with E-state index >= 15 is 0 Å². The number of hydrogen-bond acceptors (Lipinski definition) is 3. The highest BCUT2D eigenvalue weighted by Crippen LogP contribution is 2.16. The molecule has 0 amide bonds. The van der Waals surface area contributed by atoms with Gasteiger partial charge in [-0.05, 0) is 37.1 Å². The van der Waals surface area contributed by atoms with E-state index in [1.807, 2.05) is 12.1 Å². The van der Waals surface area contributed by atoms with Crippen LogP contribution in [-0.2, 0) is 4.84 Å². The molecule has 80 valence electrons. The first-order valence-corrected chi connectivity index (χ1v) is 5.13. The highest BCUT2D eigenvalue weighted by molar-refractivity contribution is 5.86. The van der Waals surface area contributed by atoms with Gasteiger partial charge in [0.25, 0.3) is 0 Å². The van der Waals surface area contributed by atoms with E-state index in [9.17, 15) is 0 Å². The summed E-state index contributed by atoms with van der Waals surface area (Å²) in [5, 5.41) is 3.89. The van der Waals surface area contributed by atoms with Crippen LogP contribution >= 0.6 is 0 Å². The van der Waals surface area contributed by atoms with Gasteiger partial charge in [-0.15, -0.1) is 0 Å². The standard InChI is InChI=1S/C12H15NO2/c1-9-5-10(2)7-12(6-9)14-8-11-3-4-15-13-11/h5-7H,3-4,8H2,1-2H3. The topological polar surface area (TPSA) is 30.8 Å². The average Bonchev–Trinajstić information content (AvgIpc) is 2.65. The second-order valence-corrected chi connectivity index (χ2v) is 3.85. The Bertz CT molecular complexity index is 365. The second kappa shape index (κ2) is 4.34. The van der Waals surface area contributed by atoms with Crippen LogP contribution in [0.25, 0.3) is 0 Å². The van der Waals surface area contributed by atoms with E-state index in [-0.39, 0.29) is 0 Å². The van der Waals surface area contributed by atoms with Gasteiger partial charge in [0, 0.05) is 6.42 Å². The molecule has 0 radical (unpaired) electrons. The number of rotatable bonds is 3. The van der Waals surface area contributed by atoms with Gasteiger partial charge in [0.05, 0.1) is 5.71 Å². The normalized spacial score (nSPS) is 14.7. The van der Waals surface area contributed by atoms with Gasteiger partial charge in [0.15, 0.2) is 0 Å². The zero-order chi connectivity index (χ0) is 10.7. The minimum atomic E-state index is 0.531. The van der Waals surface area contributed by atoms with Crippen LogP contribution in [0.3, 0.4) is 0 Å². The van der Waals surface area contributed by atoms with Gasteiger partial charge in [0.2, 0.25) is 0 Å². The zero-order valence-electron chi connectivity index (χ0n) is 9.12. The first kappa shape index (κ1) is 10.0. The summed E-state index contributed by atoms with van der Waals surface area (Å²) in [5.41, 5.74) is 3.42. The third-order valence-corrected chi connectivity index (χ3v) is 2.28. The molecule has 0 fully saturated rings. The van der Waals surface area contributed by atoms with E-state index in [0.29, 0.717) is 13.2 Å². The molecule has 0 spiro atoms. The molecule has 0 saturated heterocycles. The predicted octanol–water partition coefficient (Wildman–Crippen LogP) is 2.46. The Morgan fingerprint density at radius 3 is 2.60 bits per heavy atom. The van der Waals surface area contributed by atoms with Gasteiger partial charge in [-0.1, -0.05) is 11.2 Å². The molecule has 1 heterocycles. The van der Waals surface area contributed by atoms with Crippen molar-refractivity contribution >= 4 is 5.71 Å². The molecule has 1 aliphatic rings. The predicted molar refractivity (Wildman–Crippen MR) is 59.4 cm³/mol. The quantitative estimate of drug-likeness (QED) is 0.759. The first-order valence-electron chi connectivity index (χ1n) is 5.13. The smallest absolute Gasteiger partial charge is 0.130 e. The zero-order valence-corrected chi connectivity index (χ0v) is 9.12. The van der Waals surface area contributed by atoms with E-state index in [1.165, 1.54) is 11.1 Å². The third-order valence-electron chi connectivity index (χ3n) is 2.28. The van der Waals surface area contributed by atoms with Gasteiger partial charge in [0.1, 0.15) is 19.0 Å². The van der Waals surface area contributed by atoms with Crippen molar-refractivity contribution in [2.24, 2.45) is 5.16 Å². The minimum Gasteiger partial charge on any atom is -0.487 e. The van der Waals surface area contributed by atoms with E-state index in [0.717, 1.165) is 17.9 Å². The van der Waals surface area contributed by atoms with Crippen LogP contribution in [0.2, 0.25) is 0 Å². The molecular formula is C12H15NO2. The molecule has 0 N–H and O–H groups in total. The fourth-order valence-electron chi connectivity index (χ4n) is 1.63. The number of benzene rings is 1. The summed E-state index contributed by atoms with van der Waals surface area (Å²) in [6.45, 7) is 5.35. The number of oxime groups is 1. The maximum absolute atomic E-state index is 5.64. The van der Waals surface area contributed by atoms with E-state index in [4.69, 9.17) is 9.57 Å². The van der Waals surface area contributed by atoms with Crippen molar-refractivity contribution in [2.45, 2.75) is 20.3 Å². The molecule has 0 atom stereocenters. The Labute approximate surface area is 89.7 Å². The first-order chi connectivity index (χ1) is 7.24. The van der Waals surface area contributed by atoms with Crippen LogP contribution < -0.4 is 4.74 Å². The van der Waals surface area contributed by atoms with Crippen LogP contribution in [0, 0.1) is 13.8 Å². The Balaban J connectivity index is 1.98. The molecule has 3 nitrogen and oxygen atoms in total. The summed E-state index contributed by atoms with van der Waals surface area (Å²) in [4.78, 5) is 4.90. The lowest BCUT2D eigenvalue weighted by Gasteiger charge is -2.07. The molecule has 0 aliphatic carbocycles. The Hall–Kier alpha value is -1.51. The van der Waals surface area contributed by atoms with Crippen LogP contribution in [0.15, 0.2) is 23.4 Å². The van der Waals surface area contributed by atoms with Gasteiger partial charge in [-0.2, -0.15) is 0 Å². The molecule has 2 rings (SSSR count). The van der Waals surface area contributed by atoms with Crippen LogP contribution in [0.4, 0.5) is 0 Å². The van der Waals surface area contributed by atoms with Crippen molar-refractivity contribution in [2.75, 3.05) is 13.2 Å². The van der Waals surface area contributed by atoms with Crippen LogP contribution in [0.1, 0.15) is 17.5 Å². The minimum absolute atomic E-state index is 0.531. The van der Waals surface area contributed by atoms with Crippen LogP contribution in [-0.4, -0.2) is 18.9 Å². The molecule has 0 unspecified atom stereocenters. The molecule has 1 aromatic carbocycles. The summed E-state index contributed by atoms with van der Waals surface area (Å²) in [6, 6.07) is 6.19. The highest BCUT2D eigenvalue weighted by atomic mass is 16.6. The fraction of sp³-hybridized carbons (Fsp3) is 0.417. The summed E-state index contributed by atoms with van der Waals surface area (Å²) in [5.74, 6) is 0.905. The lowest BCUT2D eigenvalue weighted by Crippen LogP contribution is -2.09. The number of nitrogens with zero attached hydrogens (tertiary/aromatic N) is 1. The van der Waals surface area contributed by atoms with Crippen LogP contribution in [0.5, 0.6) is 5.75 Å². The maximum Gasteiger partial charge on any atom is 0.130 e. The Morgan fingerprint density at radius 2 is 2.00 bits per heavy atom. The van der Waals surface area contributed by atoms with Crippen molar-refractivity contribution in [1.29, 1.82) is 0 Å². The lowest BCUT2D eigenvalue weighted by atomic mass is 10.1. The molecule has 0 bridgehead atoms. The molecule has 3 heteroatoms. The monoisotopic (exact) mass is 205 g/mol. The van der Waals surface area contributed by atoms with E-state index < -0.39 is 0 Å². The highest BCUT2D eigenvalue weighted by Gasteiger charge is 2.08. The van der Waals surface area contributed by atoms with Gasteiger partial charge >= 0.3 is 0 Å².